The zero-order valence-corrected chi connectivity index (χ0v) is 11.8. The molecule has 1 N–H and O–H groups in total. The number of nitrogens with one attached hydrogen (secondary N) is 1. The van der Waals surface area contributed by atoms with Gasteiger partial charge in [-0.25, -0.2) is 0 Å². The number of likely N-dealkylation sites (N-methyl/N-ethyl adjacent to an activating group) is 1. The minimum Gasteiger partial charge on any atom is -0.383 e. The third kappa shape index (κ3) is 4.04. The van der Waals surface area contributed by atoms with E-state index in [2.05, 4.69) is 22.4 Å². The monoisotopic (exact) mass is 257 g/mol. The van der Waals surface area contributed by atoms with Crippen molar-refractivity contribution in [2.75, 3.05) is 27.4 Å². The summed E-state index contributed by atoms with van der Waals surface area (Å²) in [6.07, 6.45) is 0.647. The predicted octanol–water partition coefficient (Wildman–Crippen LogP) is 1.12. The second kappa shape index (κ2) is 6.82. The van der Waals surface area contributed by atoms with Crippen molar-refractivity contribution in [3.05, 3.63) is 11.7 Å². The van der Waals surface area contributed by atoms with Crippen molar-refractivity contribution >= 4 is 0 Å². The lowest BCUT2D eigenvalue weighted by Crippen LogP contribution is -2.35. The molecule has 104 valence electrons. The van der Waals surface area contributed by atoms with Gasteiger partial charge in [-0.1, -0.05) is 12.1 Å². The summed E-state index contributed by atoms with van der Waals surface area (Å²) in [5.41, 5.74) is -0.531. The molecule has 0 bridgehead atoms. The minimum atomic E-state index is -0.531. The summed E-state index contributed by atoms with van der Waals surface area (Å²) in [6, 6.07) is 0.180. The Morgan fingerprint density at radius 1 is 1.39 bits per heavy atom. The van der Waals surface area contributed by atoms with Gasteiger partial charge in [0, 0.05) is 26.7 Å². The summed E-state index contributed by atoms with van der Waals surface area (Å²) in [5, 5.41) is 7.26. The van der Waals surface area contributed by atoms with Gasteiger partial charge in [0.2, 0.25) is 11.7 Å². The SMILES string of the molecule is CCNC(COC)Cc1nc(C(C)(C)OC)no1. The highest BCUT2D eigenvalue weighted by atomic mass is 16.5. The van der Waals surface area contributed by atoms with Crippen molar-refractivity contribution in [1.82, 2.24) is 15.5 Å². The molecular formula is C12H23N3O3. The van der Waals surface area contributed by atoms with Crippen LogP contribution >= 0.6 is 0 Å². The predicted molar refractivity (Wildman–Crippen MR) is 67.4 cm³/mol. The third-order valence-corrected chi connectivity index (χ3v) is 2.80. The van der Waals surface area contributed by atoms with E-state index in [4.69, 9.17) is 14.0 Å². The number of hydrogen-bond acceptors (Lipinski definition) is 6. The number of ether oxygens (including phenoxy) is 2. The number of hydrogen-bond donors (Lipinski definition) is 1. The fourth-order valence-electron chi connectivity index (χ4n) is 1.56. The van der Waals surface area contributed by atoms with Gasteiger partial charge in [-0.3, -0.25) is 0 Å². The van der Waals surface area contributed by atoms with Crippen LogP contribution in [0.5, 0.6) is 0 Å². The van der Waals surface area contributed by atoms with Crippen molar-refractivity contribution in [2.45, 2.75) is 38.8 Å². The Morgan fingerprint density at radius 3 is 2.67 bits per heavy atom. The van der Waals surface area contributed by atoms with E-state index in [0.717, 1.165) is 6.54 Å². The third-order valence-electron chi connectivity index (χ3n) is 2.80. The molecule has 0 saturated heterocycles. The van der Waals surface area contributed by atoms with Gasteiger partial charge >= 0.3 is 0 Å². The second-order valence-electron chi connectivity index (χ2n) is 4.64. The maximum atomic E-state index is 5.31. The van der Waals surface area contributed by atoms with Crippen LogP contribution in [0.3, 0.4) is 0 Å². The van der Waals surface area contributed by atoms with Crippen LogP contribution in [-0.4, -0.2) is 43.6 Å². The van der Waals surface area contributed by atoms with Gasteiger partial charge in [0.05, 0.1) is 6.61 Å². The van der Waals surface area contributed by atoms with E-state index >= 15 is 0 Å². The molecule has 0 spiro atoms. The molecule has 0 radical (unpaired) electrons. The van der Waals surface area contributed by atoms with E-state index in [0.29, 0.717) is 24.7 Å². The van der Waals surface area contributed by atoms with Gasteiger partial charge < -0.3 is 19.3 Å². The van der Waals surface area contributed by atoms with Gasteiger partial charge in [-0.05, 0) is 20.4 Å². The molecule has 1 atom stereocenters. The molecule has 1 unspecified atom stereocenters. The topological polar surface area (TPSA) is 69.4 Å². The fraction of sp³-hybridized carbons (Fsp3) is 0.833. The van der Waals surface area contributed by atoms with E-state index < -0.39 is 5.60 Å². The highest BCUT2D eigenvalue weighted by Gasteiger charge is 2.26. The molecule has 0 aliphatic rings. The lowest BCUT2D eigenvalue weighted by atomic mass is 10.1. The summed E-state index contributed by atoms with van der Waals surface area (Å²) < 4.78 is 15.7. The van der Waals surface area contributed by atoms with Crippen LogP contribution in [0.4, 0.5) is 0 Å². The number of rotatable bonds is 8. The molecule has 6 nitrogen and oxygen atoms in total. The zero-order valence-electron chi connectivity index (χ0n) is 11.8. The molecular weight excluding hydrogens is 234 g/mol. The Bertz CT molecular complexity index is 346. The van der Waals surface area contributed by atoms with Crippen molar-refractivity contribution in [3.63, 3.8) is 0 Å². The van der Waals surface area contributed by atoms with Gasteiger partial charge in [0.15, 0.2) is 0 Å². The van der Waals surface area contributed by atoms with E-state index in [1.54, 1.807) is 14.2 Å². The largest absolute Gasteiger partial charge is 0.383 e. The summed E-state index contributed by atoms with van der Waals surface area (Å²) >= 11 is 0. The van der Waals surface area contributed by atoms with Crippen LogP contribution < -0.4 is 5.32 Å². The molecule has 0 aliphatic heterocycles. The normalized spacial score (nSPS) is 13.8. The average molecular weight is 257 g/mol. The molecule has 1 rings (SSSR count). The van der Waals surface area contributed by atoms with E-state index in [9.17, 15) is 0 Å². The lowest BCUT2D eigenvalue weighted by Gasteiger charge is -2.17. The molecule has 1 aromatic rings. The molecule has 0 fully saturated rings. The first-order chi connectivity index (χ1) is 8.53. The Kier molecular flexibility index (Phi) is 5.71. The highest BCUT2D eigenvalue weighted by molar-refractivity contribution is 4.98. The van der Waals surface area contributed by atoms with E-state index in [1.807, 2.05) is 13.8 Å². The Labute approximate surface area is 108 Å². The van der Waals surface area contributed by atoms with Crippen molar-refractivity contribution in [2.24, 2.45) is 0 Å². The summed E-state index contributed by atoms with van der Waals surface area (Å²) in [4.78, 5) is 4.36. The standard InChI is InChI=1S/C12H23N3O3/c1-6-13-9(8-16-4)7-10-14-11(15-18-10)12(2,3)17-5/h9,13H,6-8H2,1-5H3. The van der Waals surface area contributed by atoms with Gasteiger partial charge in [0.25, 0.3) is 0 Å². The first-order valence-electron chi connectivity index (χ1n) is 6.14. The average Bonchev–Trinajstić information content (AvgIpc) is 2.79. The molecule has 6 heteroatoms. The van der Waals surface area contributed by atoms with Crippen LogP contribution in [0.2, 0.25) is 0 Å². The van der Waals surface area contributed by atoms with Crippen LogP contribution in [-0.2, 0) is 21.5 Å². The van der Waals surface area contributed by atoms with Crippen LogP contribution in [0.25, 0.3) is 0 Å². The zero-order chi connectivity index (χ0) is 13.6. The number of aromatic nitrogens is 2. The molecule has 1 heterocycles. The van der Waals surface area contributed by atoms with Crippen molar-refractivity contribution in [3.8, 4) is 0 Å². The molecule has 0 aromatic carbocycles. The smallest absolute Gasteiger partial charge is 0.228 e. The summed E-state index contributed by atoms with van der Waals surface area (Å²) in [7, 11) is 3.31. The fourth-order valence-corrected chi connectivity index (χ4v) is 1.56. The van der Waals surface area contributed by atoms with E-state index in [-0.39, 0.29) is 6.04 Å². The number of methoxy groups -OCH3 is 2. The van der Waals surface area contributed by atoms with E-state index in [1.165, 1.54) is 0 Å². The maximum absolute atomic E-state index is 5.31. The number of nitrogens with zero attached hydrogens (tertiary/aromatic N) is 2. The molecule has 1 aromatic heterocycles. The molecule has 0 saturated carbocycles. The van der Waals surface area contributed by atoms with Crippen LogP contribution in [0, 0.1) is 0 Å². The van der Waals surface area contributed by atoms with Gasteiger partial charge in [0.1, 0.15) is 5.60 Å². The molecule has 0 aliphatic carbocycles. The summed E-state index contributed by atoms with van der Waals surface area (Å²) in [6.45, 7) is 7.34. The van der Waals surface area contributed by atoms with Crippen LogP contribution in [0.1, 0.15) is 32.5 Å². The van der Waals surface area contributed by atoms with Gasteiger partial charge in [-0.15, -0.1) is 0 Å². The summed E-state index contributed by atoms with van der Waals surface area (Å²) in [5.74, 6) is 1.16. The quantitative estimate of drug-likeness (QED) is 0.752. The Hall–Kier alpha value is -0.980. The first-order valence-corrected chi connectivity index (χ1v) is 6.14. The Balaban J connectivity index is 2.67. The molecule has 18 heavy (non-hydrogen) atoms. The Morgan fingerprint density at radius 2 is 2.11 bits per heavy atom. The first kappa shape index (κ1) is 15.1. The molecule has 0 amide bonds. The van der Waals surface area contributed by atoms with Crippen molar-refractivity contribution in [1.29, 1.82) is 0 Å². The maximum Gasteiger partial charge on any atom is 0.228 e. The van der Waals surface area contributed by atoms with Crippen molar-refractivity contribution < 1.29 is 14.0 Å². The minimum absolute atomic E-state index is 0.180. The second-order valence-corrected chi connectivity index (χ2v) is 4.64. The lowest BCUT2D eigenvalue weighted by molar-refractivity contribution is 0.00973. The van der Waals surface area contributed by atoms with Crippen LogP contribution in [0.15, 0.2) is 4.52 Å². The highest BCUT2D eigenvalue weighted by Crippen LogP contribution is 2.20. The van der Waals surface area contributed by atoms with Gasteiger partial charge in [-0.2, -0.15) is 4.98 Å².